The summed E-state index contributed by atoms with van der Waals surface area (Å²) in [6.07, 6.45) is 1.91. The number of hydrogen-bond acceptors (Lipinski definition) is 7. The number of rotatable bonds is 8. The van der Waals surface area contributed by atoms with Crippen molar-refractivity contribution in [2.45, 2.75) is 13.0 Å². The smallest absolute Gasteiger partial charge is 0.270 e. The van der Waals surface area contributed by atoms with E-state index in [1.54, 1.807) is 49.4 Å². The minimum absolute atomic E-state index is 0.183. The zero-order valence-corrected chi connectivity index (χ0v) is 25.3. The second-order valence-corrected chi connectivity index (χ2v) is 11.1. The Morgan fingerprint density at radius 3 is 2.16 bits per heavy atom. The van der Waals surface area contributed by atoms with E-state index in [1.807, 2.05) is 29.7 Å². The van der Waals surface area contributed by atoms with Crippen LogP contribution in [0.1, 0.15) is 39.2 Å². The number of nitrogens with two attached hydrogens (primary N) is 2. The number of hydrazine groups is 1. The van der Waals surface area contributed by atoms with Gasteiger partial charge < -0.3 is 19.8 Å². The summed E-state index contributed by atoms with van der Waals surface area (Å²) in [5.41, 5.74) is 10.7. The fourth-order valence-electron chi connectivity index (χ4n) is 5.00. The van der Waals surface area contributed by atoms with Gasteiger partial charge in [0.05, 0.1) is 22.9 Å². The minimum Gasteiger partial charge on any atom is -0.455 e. The Labute approximate surface area is 257 Å². The molecule has 0 unspecified atom stereocenters. The lowest BCUT2D eigenvalue weighted by molar-refractivity contribution is 0.0691. The number of hydrogen-bond donors (Lipinski definition) is 3. The summed E-state index contributed by atoms with van der Waals surface area (Å²) >= 11 is 1.46. The molecule has 44 heavy (non-hydrogen) atoms. The van der Waals surface area contributed by atoms with E-state index in [2.05, 4.69) is 5.32 Å². The first-order valence-corrected chi connectivity index (χ1v) is 14.8. The van der Waals surface area contributed by atoms with Crippen LogP contribution in [-0.4, -0.2) is 37.2 Å². The molecule has 1 heterocycles. The molecule has 0 radical (unpaired) electrons. The fourth-order valence-corrected chi connectivity index (χ4v) is 5.35. The molecule has 5 rings (SSSR count). The topological polar surface area (TPSA) is 118 Å². The van der Waals surface area contributed by atoms with E-state index in [0.717, 1.165) is 10.7 Å². The number of nitrogen functional groups attached to an aromatic ring is 1. The molecule has 1 atom stereocenters. The fraction of sp³-hybridized carbons (Fsp3) is 0.152. The van der Waals surface area contributed by atoms with Crippen molar-refractivity contribution < 1.29 is 22.8 Å². The first-order chi connectivity index (χ1) is 21.0. The van der Waals surface area contributed by atoms with Gasteiger partial charge in [-0.05, 0) is 72.6 Å². The first-order valence-electron chi connectivity index (χ1n) is 13.6. The maximum Gasteiger partial charge on any atom is 0.270 e. The summed E-state index contributed by atoms with van der Waals surface area (Å²) in [7, 11) is 3.41. The summed E-state index contributed by atoms with van der Waals surface area (Å²) in [6.45, 7) is 1.74. The molecule has 0 spiro atoms. The average Bonchev–Trinajstić information content (AvgIpc) is 3.41. The van der Waals surface area contributed by atoms with E-state index in [9.17, 15) is 18.4 Å². The molecule has 0 saturated carbocycles. The third-order valence-electron chi connectivity index (χ3n) is 7.58. The van der Waals surface area contributed by atoms with Crippen molar-refractivity contribution in [2.75, 3.05) is 30.4 Å². The Bertz CT molecular complexity index is 1860. The molecule has 4 aromatic carbocycles. The van der Waals surface area contributed by atoms with Crippen LogP contribution in [0.3, 0.4) is 0 Å². The molecular weight excluding hydrogens is 584 g/mol. The van der Waals surface area contributed by atoms with Crippen LogP contribution >= 0.6 is 11.9 Å². The van der Waals surface area contributed by atoms with Crippen LogP contribution in [0, 0.1) is 11.6 Å². The maximum atomic E-state index is 13.7. The molecule has 0 aliphatic heterocycles. The first kappa shape index (κ1) is 30.6. The number of halogens is 2. The third kappa shape index (κ3) is 5.71. The zero-order valence-electron chi connectivity index (χ0n) is 24.5. The van der Waals surface area contributed by atoms with E-state index >= 15 is 0 Å². The Hall–Kier alpha value is -4.87. The molecule has 8 nitrogen and oxygen atoms in total. The van der Waals surface area contributed by atoms with Crippen LogP contribution in [0.4, 0.5) is 20.2 Å². The molecule has 0 saturated heterocycles. The van der Waals surface area contributed by atoms with E-state index in [0.29, 0.717) is 44.5 Å². The highest BCUT2D eigenvalue weighted by atomic mass is 32.2. The molecule has 11 heteroatoms. The molecule has 226 valence electrons. The van der Waals surface area contributed by atoms with Crippen molar-refractivity contribution >= 4 is 46.1 Å². The lowest BCUT2D eigenvalue weighted by atomic mass is 9.96. The van der Waals surface area contributed by atoms with Crippen LogP contribution < -0.4 is 21.2 Å². The third-order valence-corrected chi connectivity index (χ3v) is 8.32. The number of fused-ring (bicyclic) bond motifs is 1. The number of nitrogens with one attached hydrogen (secondary N) is 1. The van der Waals surface area contributed by atoms with Crippen LogP contribution in [-0.2, 0) is 0 Å². The van der Waals surface area contributed by atoms with Gasteiger partial charge in [-0.1, -0.05) is 30.1 Å². The molecule has 0 bridgehead atoms. The molecule has 0 aliphatic rings. The van der Waals surface area contributed by atoms with Crippen molar-refractivity contribution in [3.63, 3.8) is 0 Å². The van der Waals surface area contributed by atoms with Crippen LogP contribution in [0.2, 0.25) is 0 Å². The number of amides is 2. The summed E-state index contributed by atoms with van der Waals surface area (Å²) in [5, 5.41) is 4.27. The highest BCUT2D eigenvalue weighted by molar-refractivity contribution is 7.99. The number of carbonyl (C=O) groups is 2. The van der Waals surface area contributed by atoms with Gasteiger partial charge in [0, 0.05) is 48.6 Å². The Balaban J connectivity index is 1.65. The number of carbonyl (C=O) groups excluding carboxylic acids is 2. The van der Waals surface area contributed by atoms with Gasteiger partial charge in [0.2, 0.25) is 0 Å². The van der Waals surface area contributed by atoms with Crippen molar-refractivity contribution in [1.82, 2.24) is 10.3 Å². The molecule has 0 aliphatic carbocycles. The summed E-state index contributed by atoms with van der Waals surface area (Å²) < 4.78 is 35.3. The van der Waals surface area contributed by atoms with Gasteiger partial charge in [-0.2, -0.15) is 0 Å². The van der Waals surface area contributed by atoms with Gasteiger partial charge in [-0.15, -0.1) is 0 Å². The Morgan fingerprint density at radius 2 is 1.55 bits per heavy atom. The molecule has 2 amide bonds. The highest BCUT2D eigenvalue weighted by Gasteiger charge is 2.26. The van der Waals surface area contributed by atoms with E-state index < -0.39 is 23.6 Å². The van der Waals surface area contributed by atoms with Gasteiger partial charge >= 0.3 is 0 Å². The Kier molecular flexibility index (Phi) is 8.61. The van der Waals surface area contributed by atoms with Gasteiger partial charge in [-0.25, -0.2) is 14.6 Å². The van der Waals surface area contributed by atoms with Crippen molar-refractivity contribution in [3.8, 4) is 22.5 Å². The monoisotopic (exact) mass is 615 g/mol. The maximum absolute atomic E-state index is 13.7. The van der Waals surface area contributed by atoms with E-state index in [-0.39, 0.29) is 17.2 Å². The summed E-state index contributed by atoms with van der Waals surface area (Å²) in [6, 6.07) is 19.7. The highest BCUT2D eigenvalue weighted by Crippen LogP contribution is 2.42. The predicted octanol–water partition coefficient (Wildman–Crippen LogP) is 6.78. The van der Waals surface area contributed by atoms with E-state index in [4.69, 9.17) is 16.0 Å². The van der Waals surface area contributed by atoms with E-state index in [1.165, 1.54) is 43.3 Å². The zero-order chi connectivity index (χ0) is 31.7. The predicted molar refractivity (Wildman–Crippen MR) is 172 cm³/mol. The number of anilines is 2. The van der Waals surface area contributed by atoms with Crippen molar-refractivity contribution in [3.05, 3.63) is 107 Å². The van der Waals surface area contributed by atoms with Gasteiger partial charge in [0.1, 0.15) is 23.0 Å². The standard InChI is InChI=1S/C33H31F2N5O3S/c1-18(19-5-10-22(34)11-6-19)40(37)33(42)25-15-21(9-14-27(25)36)24-16-26-29(17-28(24)39(3)44-4)43-31(30(26)32(41)38-2)20-7-12-23(35)13-8-20/h5-18H,36-37H2,1-4H3,(H,38,41)/t18-/m1/s1. The second-order valence-electron chi connectivity index (χ2n) is 10.2. The molecular formula is C33H31F2N5O3S. The molecule has 5 N–H and O–H groups in total. The minimum atomic E-state index is -0.563. The van der Waals surface area contributed by atoms with Gasteiger partial charge in [-0.3, -0.25) is 14.6 Å². The van der Waals surface area contributed by atoms with Gasteiger partial charge in [0.25, 0.3) is 11.8 Å². The Morgan fingerprint density at radius 1 is 0.932 bits per heavy atom. The molecule has 0 fully saturated rings. The van der Waals surface area contributed by atoms with Crippen LogP contribution in [0.15, 0.2) is 83.3 Å². The number of furan rings is 1. The lowest BCUT2D eigenvalue weighted by Crippen LogP contribution is -2.39. The van der Waals surface area contributed by atoms with Gasteiger partial charge in [0.15, 0.2) is 0 Å². The normalized spacial score (nSPS) is 11.8. The largest absolute Gasteiger partial charge is 0.455 e. The van der Waals surface area contributed by atoms with Crippen LogP contribution in [0.25, 0.3) is 33.4 Å². The summed E-state index contributed by atoms with van der Waals surface area (Å²) in [5.74, 6) is 4.88. The second kappa shape index (κ2) is 12.4. The molecule has 5 aromatic rings. The molecule has 1 aromatic heterocycles. The number of nitrogens with zero attached hydrogens (tertiary/aromatic N) is 2. The van der Waals surface area contributed by atoms with Crippen LogP contribution in [0.5, 0.6) is 0 Å². The summed E-state index contributed by atoms with van der Waals surface area (Å²) in [4.78, 5) is 26.8. The quantitative estimate of drug-likeness (QED) is 0.0579. The average molecular weight is 616 g/mol. The van der Waals surface area contributed by atoms with Crippen molar-refractivity contribution in [1.29, 1.82) is 0 Å². The lowest BCUT2D eigenvalue weighted by Gasteiger charge is -2.26. The SMILES string of the molecule is CNC(=O)c1c(-c2ccc(F)cc2)oc2cc(N(C)SC)c(-c3ccc(N)c(C(=O)N(N)[C@H](C)c4ccc(F)cc4)c3)cc12. The van der Waals surface area contributed by atoms with Crippen molar-refractivity contribution in [2.24, 2.45) is 5.84 Å². The number of benzene rings is 4.